The van der Waals surface area contributed by atoms with E-state index in [2.05, 4.69) is 27.1 Å². The van der Waals surface area contributed by atoms with Crippen molar-refractivity contribution >= 4 is 0 Å². The van der Waals surface area contributed by atoms with Gasteiger partial charge in [0.2, 0.25) is 0 Å². The van der Waals surface area contributed by atoms with Gasteiger partial charge in [-0.15, -0.1) is 0 Å². The van der Waals surface area contributed by atoms with Crippen molar-refractivity contribution in [1.29, 1.82) is 0 Å². The topological polar surface area (TPSA) is 49.7 Å². The zero-order valence-corrected chi connectivity index (χ0v) is 16.5. The van der Waals surface area contributed by atoms with Gasteiger partial charge in [0.1, 0.15) is 0 Å². The summed E-state index contributed by atoms with van der Waals surface area (Å²) in [5.74, 6) is 0.202. The minimum atomic E-state index is -4.36. The Kier molecular flexibility index (Phi) is 5.21. The lowest BCUT2D eigenvalue weighted by molar-refractivity contribution is -0.137. The number of nitrogens with zero attached hydrogens (tertiary/aromatic N) is 4. The highest BCUT2D eigenvalue weighted by Gasteiger charge is 2.31. The summed E-state index contributed by atoms with van der Waals surface area (Å²) in [6.45, 7) is 4.72. The molecule has 1 fully saturated rings. The molecule has 29 heavy (non-hydrogen) atoms. The number of nitrogens with one attached hydrogen (secondary N) is 1. The van der Waals surface area contributed by atoms with E-state index in [9.17, 15) is 13.2 Å². The number of H-pyrrole nitrogens is 1. The molecule has 1 atom stereocenters. The van der Waals surface area contributed by atoms with E-state index in [4.69, 9.17) is 0 Å². The molecular weight excluding hydrogens is 379 g/mol. The normalized spacial score (nSPS) is 18.3. The number of aromatic nitrogens is 4. The highest BCUT2D eigenvalue weighted by atomic mass is 19.4. The quantitative estimate of drug-likeness (QED) is 0.697. The van der Waals surface area contributed by atoms with Gasteiger partial charge in [-0.1, -0.05) is 12.1 Å². The van der Waals surface area contributed by atoms with Gasteiger partial charge in [0, 0.05) is 48.6 Å². The van der Waals surface area contributed by atoms with Crippen LogP contribution in [0.5, 0.6) is 0 Å². The van der Waals surface area contributed by atoms with E-state index in [1.807, 2.05) is 17.9 Å². The summed E-state index contributed by atoms with van der Waals surface area (Å²) < 4.78 is 41.2. The maximum Gasteiger partial charge on any atom is 0.416 e. The van der Waals surface area contributed by atoms with Crippen LogP contribution in [0, 0.1) is 6.92 Å². The molecule has 1 aliphatic rings. The lowest BCUT2D eigenvalue weighted by Gasteiger charge is -2.32. The van der Waals surface area contributed by atoms with Gasteiger partial charge in [-0.25, -0.2) is 0 Å². The van der Waals surface area contributed by atoms with Crippen molar-refractivity contribution in [2.24, 2.45) is 7.05 Å². The van der Waals surface area contributed by atoms with E-state index >= 15 is 0 Å². The number of aromatic amines is 1. The van der Waals surface area contributed by atoms with Crippen LogP contribution in [-0.2, 0) is 19.8 Å². The summed E-state index contributed by atoms with van der Waals surface area (Å²) in [4.78, 5) is 2.38. The molecule has 1 aromatic carbocycles. The van der Waals surface area contributed by atoms with Crippen molar-refractivity contribution in [2.45, 2.75) is 38.4 Å². The molecule has 3 aromatic rings. The smallest absolute Gasteiger partial charge is 0.298 e. The number of hydrogen-bond acceptors (Lipinski definition) is 3. The monoisotopic (exact) mass is 403 g/mol. The van der Waals surface area contributed by atoms with Crippen LogP contribution < -0.4 is 0 Å². The van der Waals surface area contributed by atoms with Gasteiger partial charge < -0.3 is 0 Å². The molecule has 0 unspecified atom stereocenters. The highest BCUT2D eigenvalue weighted by Crippen LogP contribution is 2.36. The van der Waals surface area contributed by atoms with Gasteiger partial charge in [-0.3, -0.25) is 14.7 Å². The Bertz CT molecular complexity index is 988. The van der Waals surface area contributed by atoms with Crippen LogP contribution in [0.1, 0.15) is 41.3 Å². The molecule has 0 saturated carbocycles. The van der Waals surface area contributed by atoms with E-state index in [0.29, 0.717) is 5.56 Å². The summed E-state index contributed by atoms with van der Waals surface area (Å²) in [5.41, 5.74) is 3.93. The summed E-state index contributed by atoms with van der Waals surface area (Å²) in [6.07, 6.45) is 1.20. The minimum Gasteiger partial charge on any atom is -0.298 e. The van der Waals surface area contributed by atoms with Crippen molar-refractivity contribution < 1.29 is 13.2 Å². The maximum atomic E-state index is 13.1. The van der Waals surface area contributed by atoms with E-state index in [-0.39, 0.29) is 5.92 Å². The molecule has 1 saturated heterocycles. The molecule has 2 aromatic heterocycles. The van der Waals surface area contributed by atoms with Crippen molar-refractivity contribution in [2.75, 3.05) is 13.1 Å². The van der Waals surface area contributed by atoms with Crippen molar-refractivity contribution in [3.8, 4) is 11.1 Å². The third kappa shape index (κ3) is 4.07. The standard InChI is InChI=1S/C21H24F3N5/c1-14-17(10-26-28(14)2)13-29-8-4-6-16(12-29)20-19(11-25-27-20)15-5-3-7-18(9-15)21(22,23)24/h3,5,7,9-11,16H,4,6,8,12-13H2,1-2H3,(H,25,27)/t16-/m1/s1. The van der Waals surface area contributed by atoms with Crippen molar-refractivity contribution in [3.63, 3.8) is 0 Å². The SMILES string of the molecule is Cc1c(CN2CCC[C@@H](c3[nH]ncc3-c3cccc(C(F)(F)F)c3)C2)cnn1C. The maximum absolute atomic E-state index is 13.1. The molecule has 5 nitrogen and oxygen atoms in total. The van der Waals surface area contributed by atoms with Crippen molar-refractivity contribution in [3.05, 3.63) is 59.2 Å². The molecule has 4 rings (SSSR count). The molecule has 0 amide bonds. The lowest BCUT2D eigenvalue weighted by atomic mass is 9.90. The third-order valence-electron chi connectivity index (χ3n) is 5.81. The Morgan fingerprint density at radius 3 is 2.79 bits per heavy atom. The van der Waals surface area contributed by atoms with Gasteiger partial charge in [0.25, 0.3) is 0 Å². The highest BCUT2D eigenvalue weighted by molar-refractivity contribution is 5.66. The average Bonchev–Trinajstić information content (AvgIpc) is 3.30. The van der Waals surface area contributed by atoms with Gasteiger partial charge in [0.15, 0.2) is 0 Å². The molecule has 3 heterocycles. The first-order chi connectivity index (χ1) is 13.8. The molecule has 0 aliphatic carbocycles. The minimum absolute atomic E-state index is 0.202. The number of halogens is 3. The fourth-order valence-electron chi connectivity index (χ4n) is 4.08. The first-order valence-electron chi connectivity index (χ1n) is 9.73. The van der Waals surface area contributed by atoms with Gasteiger partial charge >= 0.3 is 6.18 Å². The van der Waals surface area contributed by atoms with Crippen LogP contribution >= 0.6 is 0 Å². The Morgan fingerprint density at radius 2 is 2.07 bits per heavy atom. The third-order valence-corrected chi connectivity index (χ3v) is 5.81. The average molecular weight is 403 g/mol. The number of alkyl halides is 3. The fourth-order valence-corrected chi connectivity index (χ4v) is 4.08. The van der Waals surface area contributed by atoms with Crippen LogP contribution in [0.25, 0.3) is 11.1 Å². The van der Waals surface area contributed by atoms with E-state index in [1.165, 1.54) is 17.7 Å². The zero-order valence-electron chi connectivity index (χ0n) is 16.5. The second kappa shape index (κ2) is 7.67. The predicted octanol–water partition coefficient (Wildman–Crippen LogP) is 4.52. The Morgan fingerprint density at radius 1 is 1.24 bits per heavy atom. The molecule has 154 valence electrons. The first-order valence-corrected chi connectivity index (χ1v) is 9.73. The molecule has 1 N–H and O–H groups in total. The Hall–Kier alpha value is -2.61. The fraction of sp³-hybridized carbons (Fsp3) is 0.429. The summed E-state index contributed by atoms with van der Waals surface area (Å²) in [7, 11) is 1.93. The Balaban J connectivity index is 1.55. The van der Waals surface area contributed by atoms with Crippen LogP contribution in [0.3, 0.4) is 0 Å². The number of benzene rings is 1. The van der Waals surface area contributed by atoms with Gasteiger partial charge in [-0.05, 0) is 44.0 Å². The molecule has 0 radical (unpaired) electrons. The molecule has 0 spiro atoms. The number of likely N-dealkylation sites (tertiary alicyclic amines) is 1. The lowest BCUT2D eigenvalue weighted by Crippen LogP contribution is -2.34. The number of piperidine rings is 1. The second-order valence-electron chi connectivity index (χ2n) is 7.73. The van der Waals surface area contributed by atoms with Crippen LogP contribution in [0.15, 0.2) is 36.7 Å². The zero-order chi connectivity index (χ0) is 20.6. The van der Waals surface area contributed by atoms with E-state index in [0.717, 1.165) is 55.5 Å². The second-order valence-corrected chi connectivity index (χ2v) is 7.73. The number of aryl methyl sites for hydroxylation is 1. The van der Waals surface area contributed by atoms with Crippen LogP contribution in [0.2, 0.25) is 0 Å². The number of hydrogen-bond donors (Lipinski definition) is 1. The van der Waals surface area contributed by atoms with E-state index < -0.39 is 11.7 Å². The summed E-state index contributed by atoms with van der Waals surface area (Å²) in [5, 5.41) is 11.5. The largest absolute Gasteiger partial charge is 0.416 e. The Labute approximate surface area is 167 Å². The number of rotatable bonds is 4. The first kappa shape index (κ1) is 19.7. The molecular formula is C21H24F3N5. The van der Waals surface area contributed by atoms with Gasteiger partial charge in [-0.2, -0.15) is 23.4 Å². The van der Waals surface area contributed by atoms with E-state index in [1.54, 1.807) is 12.3 Å². The predicted molar refractivity (Wildman–Crippen MR) is 104 cm³/mol. The van der Waals surface area contributed by atoms with Crippen molar-refractivity contribution in [1.82, 2.24) is 24.9 Å². The molecule has 1 aliphatic heterocycles. The van der Waals surface area contributed by atoms with Crippen LogP contribution in [0.4, 0.5) is 13.2 Å². The summed E-state index contributed by atoms with van der Waals surface area (Å²) in [6, 6.07) is 5.46. The summed E-state index contributed by atoms with van der Waals surface area (Å²) >= 11 is 0. The van der Waals surface area contributed by atoms with Gasteiger partial charge in [0.05, 0.1) is 18.0 Å². The van der Waals surface area contributed by atoms with Crippen LogP contribution in [-0.4, -0.2) is 38.0 Å². The molecule has 0 bridgehead atoms. The molecule has 8 heteroatoms.